The van der Waals surface area contributed by atoms with Crippen molar-refractivity contribution in [1.82, 2.24) is 9.88 Å². The molecule has 3 aromatic carbocycles. The van der Waals surface area contributed by atoms with Gasteiger partial charge in [-0.15, -0.1) is 0 Å². The van der Waals surface area contributed by atoms with Crippen LogP contribution in [0.25, 0.3) is 11.1 Å². The molecule has 0 radical (unpaired) electrons. The fourth-order valence-electron chi connectivity index (χ4n) is 8.45. The van der Waals surface area contributed by atoms with Gasteiger partial charge in [-0.25, -0.2) is 4.39 Å². The Morgan fingerprint density at radius 3 is 2.57 bits per heavy atom. The van der Waals surface area contributed by atoms with Gasteiger partial charge in [0.2, 0.25) is 0 Å². The standard InChI is InChI=1S/C44H48Cl2FN3O4/c1-28(33-6-3-10-39(33)51)20-31-22-38(45)43(23-42(31)53-27-30-21-29(24-48)25-49-26-30)54-40-13-12-35-34(7-2-8-36(35)40)37-9-4-11-41(44(37)46)52-19-5-16-50-17-14-32(47)15-18-50/h2,4,7-9,11,21-23,25-26,28,32-33,39-40,51H,3,5-6,10,12-20,27H2,1H3/t28?,33-,39-,40-/m0/s1. The SMILES string of the molecule is CC(Cc1cc(Cl)c(O[C@H]2CCc3c(-c4cccc(OCCCN5CCC(F)CC5)c4Cl)cccc32)cc1OCc1cncc(C#N)c1)[C@@H]1CCC[C@@H]1O. The normalized spacial score (nSPS) is 20.7. The van der Waals surface area contributed by atoms with Gasteiger partial charge in [0.25, 0.3) is 0 Å². The number of halogens is 3. The topological polar surface area (TPSA) is 87.8 Å². The molecule has 1 N–H and O–H groups in total. The highest BCUT2D eigenvalue weighted by Gasteiger charge is 2.32. The van der Waals surface area contributed by atoms with Crippen LogP contribution in [0.1, 0.15) is 85.8 Å². The van der Waals surface area contributed by atoms with E-state index in [-0.39, 0.29) is 30.7 Å². The molecule has 4 atom stereocenters. The van der Waals surface area contributed by atoms with Crippen molar-refractivity contribution in [3.05, 3.63) is 105 Å². The Bertz CT molecular complexity index is 1960. The maximum atomic E-state index is 13.5. The zero-order valence-electron chi connectivity index (χ0n) is 30.8. The van der Waals surface area contributed by atoms with Gasteiger partial charge in [0.05, 0.1) is 28.3 Å². The van der Waals surface area contributed by atoms with E-state index >= 15 is 0 Å². The van der Waals surface area contributed by atoms with Crippen molar-refractivity contribution in [2.45, 2.75) is 89.7 Å². The molecule has 284 valence electrons. The van der Waals surface area contributed by atoms with Crippen LogP contribution in [0.5, 0.6) is 17.2 Å². The highest BCUT2D eigenvalue weighted by Crippen LogP contribution is 2.46. The van der Waals surface area contributed by atoms with E-state index in [4.69, 9.17) is 37.4 Å². The molecule has 7 nitrogen and oxygen atoms in total. The van der Waals surface area contributed by atoms with Crippen molar-refractivity contribution in [3.63, 3.8) is 0 Å². The van der Waals surface area contributed by atoms with Crippen LogP contribution in [0.15, 0.2) is 67.0 Å². The third-order valence-corrected chi connectivity index (χ3v) is 12.1. The quantitative estimate of drug-likeness (QED) is 0.128. The average molecular weight is 773 g/mol. The van der Waals surface area contributed by atoms with Crippen molar-refractivity contribution >= 4 is 23.2 Å². The molecule has 1 aliphatic heterocycles. The Balaban J connectivity index is 1.08. The molecule has 10 heteroatoms. The molecule has 0 amide bonds. The molecule has 2 fully saturated rings. The Kier molecular flexibility index (Phi) is 12.6. The summed E-state index contributed by atoms with van der Waals surface area (Å²) in [6.07, 6.45) is 9.31. The summed E-state index contributed by atoms with van der Waals surface area (Å²) in [6, 6.07) is 19.9. The van der Waals surface area contributed by atoms with E-state index in [0.717, 1.165) is 86.0 Å². The smallest absolute Gasteiger partial charge is 0.142 e. The lowest BCUT2D eigenvalue weighted by molar-refractivity contribution is 0.102. The van der Waals surface area contributed by atoms with Crippen LogP contribution in [-0.4, -0.2) is 53.5 Å². The molecule has 0 spiro atoms. The summed E-state index contributed by atoms with van der Waals surface area (Å²) in [5, 5.41) is 21.1. The fraction of sp³-hybridized carbons (Fsp3) is 0.455. The number of ether oxygens (including phenoxy) is 3. The van der Waals surface area contributed by atoms with Crippen LogP contribution in [0, 0.1) is 23.2 Å². The summed E-state index contributed by atoms with van der Waals surface area (Å²) in [5.74, 6) is 2.32. The number of nitriles is 1. The predicted octanol–water partition coefficient (Wildman–Crippen LogP) is 10.1. The Labute approximate surface area is 328 Å². The summed E-state index contributed by atoms with van der Waals surface area (Å²) in [5.41, 5.74) is 6.49. The average Bonchev–Trinajstić information content (AvgIpc) is 3.81. The van der Waals surface area contributed by atoms with E-state index in [1.54, 1.807) is 12.3 Å². The molecule has 0 bridgehead atoms. The number of pyridine rings is 1. The molecule has 4 aromatic rings. The second-order valence-electron chi connectivity index (χ2n) is 15.1. The first kappa shape index (κ1) is 38.4. The Hall–Kier alpha value is -3.87. The second kappa shape index (κ2) is 17.7. The van der Waals surface area contributed by atoms with Gasteiger partial charge >= 0.3 is 0 Å². The largest absolute Gasteiger partial charge is 0.492 e. The molecule has 1 aromatic heterocycles. The third kappa shape index (κ3) is 8.98. The molecule has 54 heavy (non-hydrogen) atoms. The van der Waals surface area contributed by atoms with Crippen molar-refractivity contribution in [2.24, 2.45) is 11.8 Å². The third-order valence-electron chi connectivity index (χ3n) is 11.4. The number of benzene rings is 3. The van der Waals surface area contributed by atoms with Crippen LogP contribution in [0.3, 0.4) is 0 Å². The molecule has 7 rings (SSSR count). The van der Waals surface area contributed by atoms with E-state index in [1.807, 2.05) is 36.4 Å². The van der Waals surface area contributed by atoms with Gasteiger partial charge in [0.1, 0.15) is 42.2 Å². The molecule has 3 aliphatic rings. The lowest BCUT2D eigenvalue weighted by Crippen LogP contribution is -2.35. The maximum Gasteiger partial charge on any atom is 0.142 e. The van der Waals surface area contributed by atoms with Gasteiger partial charge in [0, 0.05) is 49.2 Å². The number of aliphatic hydroxyl groups is 1. The first-order chi connectivity index (χ1) is 26.3. The summed E-state index contributed by atoms with van der Waals surface area (Å²) in [7, 11) is 0. The Morgan fingerprint density at radius 2 is 1.78 bits per heavy atom. The monoisotopic (exact) mass is 771 g/mol. The van der Waals surface area contributed by atoms with Crippen molar-refractivity contribution in [1.29, 1.82) is 5.26 Å². The fourth-order valence-corrected chi connectivity index (χ4v) is 8.96. The molecule has 1 saturated heterocycles. The first-order valence-electron chi connectivity index (χ1n) is 19.3. The van der Waals surface area contributed by atoms with E-state index in [2.05, 4.69) is 35.0 Å². The number of alkyl halides is 1. The molecular formula is C44H48Cl2FN3O4. The van der Waals surface area contributed by atoms with E-state index in [0.29, 0.717) is 58.7 Å². The lowest BCUT2D eigenvalue weighted by Gasteiger charge is -2.28. The number of aromatic nitrogens is 1. The van der Waals surface area contributed by atoms with Gasteiger partial charge in [-0.2, -0.15) is 5.26 Å². The van der Waals surface area contributed by atoms with Crippen LogP contribution >= 0.6 is 23.2 Å². The summed E-state index contributed by atoms with van der Waals surface area (Å²) in [4.78, 5) is 6.49. The summed E-state index contributed by atoms with van der Waals surface area (Å²) in [6.45, 7) is 5.44. The number of aliphatic hydroxyl groups excluding tert-OH is 1. The summed E-state index contributed by atoms with van der Waals surface area (Å²) >= 11 is 14.0. The van der Waals surface area contributed by atoms with Crippen LogP contribution in [0.4, 0.5) is 4.39 Å². The molecule has 2 heterocycles. The lowest BCUT2D eigenvalue weighted by atomic mass is 9.85. The maximum absolute atomic E-state index is 13.5. The highest BCUT2D eigenvalue weighted by molar-refractivity contribution is 6.35. The molecule has 2 aliphatic carbocycles. The zero-order chi connectivity index (χ0) is 37.6. The van der Waals surface area contributed by atoms with Crippen molar-refractivity contribution in [3.8, 4) is 34.4 Å². The number of hydrogen-bond donors (Lipinski definition) is 1. The predicted molar refractivity (Wildman–Crippen MR) is 210 cm³/mol. The van der Waals surface area contributed by atoms with E-state index in [1.165, 1.54) is 11.8 Å². The number of rotatable bonds is 14. The Morgan fingerprint density at radius 1 is 0.963 bits per heavy atom. The van der Waals surface area contributed by atoms with Gasteiger partial charge in [-0.3, -0.25) is 4.98 Å². The number of nitrogens with zero attached hydrogens (tertiary/aromatic N) is 3. The van der Waals surface area contributed by atoms with Crippen LogP contribution in [0.2, 0.25) is 10.0 Å². The second-order valence-corrected chi connectivity index (χ2v) is 15.9. The minimum Gasteiger partial charge on any atom is -0.492 e. The molecular weight excluding hydrogens is 724 g/mol. The van der Waals surface area contributed by atoms with Crippen molar-refractivity contribution in [2.75, 3.05) is 26.2 Å². The van der Waals surface area contributed by atoms with Gasteiger partial charge < -0.3 is 24.2 Å². The van der Waals surface area contributed by atoms with E-state index < -0.39 is 6.17 Å². The van der Waals surface area contributed by atoms with Gasteiger partial charge in [-0.1, -0.05) is 66.9 Å². The highest BCUT2D eigenvalue weighted by atomic mass is 35.5. The minimum absolute atomic E-state index is 0.221. The van der Waals surface area contributed by atoms with E-state index in [9.17, 15) is 14.8 Å². The van der Waals surface area contributed by atoms with Crippen LogP contribution in [-0.2, 0) is 19.4 Å². The number of hydrogen-bond acceptors (Lipinski definition) is 7. The first-order valence-corrected chi connectivity index (χ1v) is 20.1. The zero-order valence-corrected chi connectivity index (χ0v) is 32.3. The van der Waals surface area contributed by atoms with Gasteiger partial charge in [0.15, 0.2) is 0 Å². The van der Waals surface area contributed by atoms with Crippen LogP contribution < -0.4 is 14.2 Å². The molecule has 1 unspecified atom stereocenters. The summed E-state index contributed by atoms with van der Waals surface area (Å²) < 4.78 is 32.8. The minimum atomic E-state index is -0.668. The number of fused-ring (bicyclic) bond motifs is 1. The number of piperidine rings is 1. The van der Waals surface area contributed by atoms with Crippen molar-refractivity contribution < 1.29 is 23.7 Å². The van der Waals surface area contributed by atoms with Gasteiger partial charge in [-0.05, 0) is 104 Å². The number of likely N-dealkylation sites (tertiary alicyclic amines) is 1. The molecule has 1 saturated carbocycles.